The normalized spacial score (nSPS) is 12.4. The highest BCUT2D eigenvalue weighted by atomic mass is 32.2. The third kappa shape index (κ3) is 4.27. The maximum atomic E-state index is 12.8. The Kier molecular flexibility index (Phi) is 5.87. The highest BCUT2D eigenvalue weighted by molar-refractivity contribution is 7.89. The summed E-state index contributed by atoms with van der Waals surface area (Å²) in [7, 11) is -3.69. The Labute approximate surface area is 164 Å². The fourth-order valence-corrected chi connectivity index (χ4v) is 3.70. The van der Waals surface area contributed by atoms with Crippen LogP contribution in [0.3, 0.4) is 0 Å². The van der Waals surface area contributed by atoms with Gasteiger partial charge >= 0.3 is 0 Å². The number of hydrogen-bond acceptors (Lipinski definition) is 5. The summed E-state index contributed by atoms with van der Waals surface area (Å²) in [5, 5.41) is 0. The lowest BCUT2D eigenvalue weighted by atomic mass is 10.1. The fourth-order valence-electron chi connectivity index (χ4n) is 2.77. The molecule has 1 heterocycles. The molecular weight excluding hydrogens is 380 g/mol. The Morgan fingerprint density at radius 1 is 1.18 bits per heavy atom. The third-order valence-corrected chi connectivity index (χ3v) is 5.67. The Bertz CT molecular complexity index is 1010. The highest BCUT2D eigenvalue weighted by Gasteiger charge is 2.19. The van der Waals surface area contributed by atoms with Gasteiger partial charge < -0.3 is 14.4 Å². The van der Waals surface area contributed by atoms with E-state index >= 15 is 0 Å². The first-order valence-electron chi connectivity index (χ1n) is 8.65. The summed E-state index contributed by atoms with van der Waals surface area (Å²) in [6.45, 7) is 2.88. The minimum atomic E-state index is -3.69. The van der Waals surface area contributed by atoms with Gasteiger partial charge in [-0.1, -0.05) is 12.0 Å². The SMILES string of the molecule is C#CCNS(=O)(=O)c1ccc(C(=O)N(CC)Cc2ccc3c(c2)OCO3)cc1. The molecular formula is C20H20N2O5S. The number of benzene rings is 2. The van der Waals surface area contributed by atoms with Crippen molar-refractivity contribution in [3.63, 3.8) is 0 Å². The van der Waals surface area contributed by atoms with Gasteiger partial charge in [-0.3, -0.25) is 4.79 Å². The number of terminal acetylenes is 1. The second kappa shape index (κ2) is 8.33. The maximum Gasteiger partial charge on any atom is 0.254 e. The van der Waals surface area contributed by atoms with Crippen molar-refractivity contribution in [3.05, 3.63) is 53.6 Å². The molecule has 28 heavy (non-hydrogen) atoms. The Balaban J connectivity index is 1.73. The summed E-state index contributed by atoms with van der Waals surface area (Å²) in [6.07, 6.45) is 5.08. The van der Waals surface area contributed by atoms with Gasteiger partial charge in [0.25, 0.3) is 5.91 Å². The molecule has 0 atom stereocenters. The van der Waals surface area contributed by atoms with E-state index in [0.29, 0.717) is 30.2 Å². The van der Waals surface area contributed by atoms with Gasteiger partial charge in [0.15, 0.2) is 11.5 Å². The molecule has 0 aromatic heterocycles. The predicted molar refractivity (Wildman–Crippen MR) is 103 cm³/mol. The van der Waals surface area contributed by atoms with Crippen LogP contribution in [0.5, 0.6) is 11.5 Å². The standard InChI is InChI=1S/C20H20N2O5S/c1-3-11-21-28(24,25)17-8-6-16(7-9-17)20(23)22(4-2)13-15-5-10-18-19(12-15)27-14-26-18/h1,5-10,12,21H,4,11,13-14H2,2H3. The van der Waals surface area contributed by atoms with E-state index in [2.05, 4.69) is 10.6 Å². The zero-order valence-electron chi connectivity index (χ0n) is 15.3. The first-order valence-corrected chi connectivity index (χ1v) is 10.1. The van der Waals surface area contributed by atoms with Crippen molar-refractivity contribution in [1.82, 2.24) is 9.62 Å². The summed E-state index contributed by atoms with van der Waals surface area (Å²) in [4.78, 5) is 14.5. The van der Waals surface area contributed by atoms with E-state index < -0.39 is 10.0 Å². The van der Waals surface area contributed by atoms with Crippen LogP contribution in [0.1, 0.15) is 22.8 Å². The van der Waals surface area contributed by atoms with Crippen molar-refractivity contribution in [3.8, 4) is 23.8 Å². The molecule has 3 rings (SSSR count). The molecule has 1 aliphatic rings. The van der Waals surface area contributed by atoms with Crippen LogP contribution in [-0.2, 0) is 16.6 Å². The van der Waals surface area contributed by atoms with Crippen molar-refractivity contribution < 1.29 is 22.7 Å². The number of nitrogens with zero attached hydrogens (tertiary/aromatic N) is 1. The minimum absolute atomic E-state index is 0.0538. The summed E-state index contributed by atoms with van der Waals surface area (Å²) in [6, 6.07) is 11.3. The first-order chi connectivity index (χ1) is 13.4. The van der Waals surface area contributed by atoms with Crippen LogP contribution in [0.4, 0.5) is 0 Å². The van der Waals surface area contributed by atoms with Crippen LogP contribution in [-0.4, -0.2) is 39.1 Å². The van der Waals surface area contributed by atoms with Gasteiger partial charge in [0.1, 0.15) is 0 Å². The lowest BCUT2D eigenvalue weighted by Crippen LogP contribution is -2.30. The number of hydrogen-bond donors (Lipinski definition) is 1. The van der Waals surface area contributed by atoms with E-state index in [9.17, 15) is 13.2 Å². The van der Waals surface area contributed by atoms with Crippen LogP contribution in [0, 0.1) is 12.3 Å². The van der Waals surface area contributed by atoms with E-state index in [1.54, 1.807) is 4.90 Å². The van der Waals surface area contributed by atoms with E-state index in [1.165, 1.54) is 24.3 Å². The molecule has 146 valence electrons. The molecule has 0 spiro atoms. The Hall–Kier alpha value is -3.02. The lowest BCUT2D eigenvalue weighted by Gasteiger charge is -2.21. The number of rotatable bonds is 7. The number of amides is 1. The number of carbonyl (C=O) groups excluding carboxylic acids is 1. The third-order valence-electron chi connectivity index (χ3n) is 4.26. The predicted octanol–water partition coefficient (Wildman–Crippen LogP) is 1.99. The van der Waals surface area contributed by atoms with Crippen LogP contribution in [0.15, 0.2) is 47.4 Å². The number of ether oxygens (including phenoxy) is 2. The van der Waals surface area contributed by atoms with Gasteiger partial charge in [-0.25, -0.2) is 8.42 Å². The topological polar surface area (TPSA) is 84.9 Å². The van der Waals surface area contributed by atoms with Crippen LogP contribution in [0.2, 0.25) is 0 Å². The number of fused-ring (bicyclic) bond motifs is 1. The number of nitrogens with one attached hydrogen (secondary N) is 1. The minimum Gasteiger partial charge on any atom is -0.454 e. The van der Waals surface area contributed by atoms with Crippen molar-refractivity contribution in [2.24, 2.45) is 0 Å². The average Bonchev–Trinajstić information content (AvgIpc) is 3.18. The number of carbonyl (C=O) groups is 1. The molecule has 0 bridgehead atoms. The molecule has 2 aromatic rings. The Morgan fingerprint density at radius 3 is 2.57 bits per heavy atom. The smallest absolute Gasteiger partial charge is 0.254 e. The largest absolute Gasteiger partial charge is 0.454 e. The van der Waals surface area contributed by atoms with E-state index in [1.807, 2.05) is 25.1 Å². The van der Waals surface area contributed by atoms with Crippen molar-refractivity contribution >= 4 is 15.9 Å². The van der Waals surface area contributed by atoms with Crippen molar-refractivity contribution in [1.29, 1.82) is 0 Å². The summed E-state index contributed by atoms with van der Waals surface area (Å²) >= 11 is 0. The van der Waals surface area contributed by atoms with Crippen LogP contribution >= 0.6 is 0 Å². The quantitative estimate of drug-likeness (QED) is 0.719. The summed E-state index contributed by atoms with van der Waals surface area (Å²) in [5.41, 5.74) is 1.32. The average molecular weight is 400 g/mol. The summed E-state index contributed by atoms with van der Waals surface area (Å²) < 4.78 is 37.1. The van der Waals surface area contributed by atoms with Crippen LogP contribution < -0.4 is 14.2 Å². The second-order valence-corrected chi connectivity index (χ2v) is 7.83. The van der Waals surface area contributed by atoms with Gasteiger partial charge in [0.2, 0.25) is 16.8 Å². The second-order valence-electron chi connectivity index (χ2n) is 6.06. The van der Waals surface area contributed by atoms with E-state index in [4.69, 9.17) is 15.9 Å². The molecule has 2 aromatic carbocycles. The Morgan fingerprint density at radius 2 is 1.89 bits per heavy atom. The molecule has 0 saturated carbocycles. The molecule has 0 unspecified atom stereocenters. The molecule has 0 aliphatic carbocycles. The van der Waals surface area contributed by atoms with Gasteiger partial charge in [-0.15, -0.1) is 6.42 Å². The van der Waals surface area contributed by atoms with Crippen molar-refractivity contribution in [2.45, 2.75) is 18.4 Å². The molecule has 0 fully saturated rings. The number of sulfonamides is 1. The van der Waals surface area contributed by atoms with Crippen LogP contribution in [0.25, 0.3) is 0 Å². The van der Waals surface area contributed by atoms with Gasteiger partial charge in [-0.05, 0) is 48.9 Å². The maximum absolute atomic E-state index is 12.8. The molecule has 8 heteroatoms. The van der Waals surface area contributed by atoms with E-state index in [0.717, 1.165) is 5.56 Å². The molecule has 1 N–H and O–H groups in total. The van der Waals surface area contributed by atoms with Crippen molar-refractivity contribution in [2.75, 3.05) is 19.9 Å². The zero-order chi connectivity index (χ0) is 20.1. The van der Waals surface area contributed by atoms with E-state index in [-0.39, 0.29) is 24.1 Å². The zero-order valence-corrected chi connectivity index (χ0v) is 16.2. The van der Waals surface area contributed by atoms with Gasteiger partial charge in [-0.2, -0.15) is 4.72 Å². The monoisotopic (exact) mass is 400 g/mol. The summed E-state index contributed by atoms with van der Waals surface area (Å²) in [5.74, 6) is 3.37. The molecule has 7 nitrogen and oxygen atoms in total. The molecule has 1 amide bonds. The first kappa shape index (κ1) is 19.7. The van der Waals surface area contributed by atoms with Gasteiger partial charge in [0.05, 0.1) is 11.4 Å². The molecule has 0 radical (unpaired) electrons. The fraction of sp³-hybridized carbons (Fsp3) is 0.250. The lowest BCUT2D eigenvalue weighted by molar-refractivity contribution is 0.0752. The van der Waals surface area contributed by atoms with Gasteiger partial charge in [0, 0.05) is 18.7 Å². The molecule has 0 saturated heterocycles. The highest BCUT2D eigenvalue weighted by Crippen LogP contribution is 2.32. The molecule has 1 aliphatic heterocycles.